The molecule has 11 heteroatoms. The minimum absolute atomic E-state index is 0.0374. The van der Waals surface area contributed by atoms with Crippen LogP contribution in [0, 0.1) is 5.82 Å². The van der Waals surface area contributed by atoms with Crippen LogP contribution in [0.2, 0.25) is 15.1 Å². The lowest BCUT2D eigenvalue weighted by Gasteiger charge is -2.14. The van der Waals surface area contributed by atoms with E-state index in [4.69, 9.17) is 45.3 Å². The van der Waals surface area contributed by atoms with Crippen molar-refractivity contribution in [3.8, 4) is 17.2 Å². The summed E-state index contributed by atoms with van der Waals surface area (Å²) in [6, 6.07) is 18.5. The summed E-state index contributed by atoms with van der Waals surface area (Å²) in [4.78, 5) is 30.5. The number of hydrogen-bond donors (Lipinski definition) is 2. The molecule has 0 unspecified atom stereocenters. The average molecular weight is 570 g/mol. The minimum Gasteiger partial charge on any atom is -0.453 e. The van der Waals surface area contributed by atoms with Crippen molar-refractivity contribution in [1.29, 1.82) is 0 Å². The lowest BCUT2D eigenvalue weighted by Crippen LogP contribution is -2.28. The molecule has 5 rings (SSSR count). The van der Waals surface area contributed by atoms with Gasteiger partial charge in [-0.15, -0.1) is 0 Å². The Morgan fingerprint density at radius 3 is 2.50 bits per heavy atom. The quantitative estimate of drug-likeness (QED) is 0.235. The molecule has 0 bridgehead atoms. The number of nitrogens with two attached hydrogens (primary N) is 1. The highest BCUT2D eigenvalue weighted by molar-refractivity contribution is 6.42. The third-order valence-electron chi connectivity index (χ3n) is 5.61. The number of halogens is 4. The van der Waals surface area contributed by atoms with Crippen molar-refractivity contribution >= 4 is 63.1 Å². The zero-order chi connectivity index (χ0) is 27.0. The Labute approximate surface area is 230 Å². The van der Waals surface area contributed by atoms with Crippen LogP contribution in [0.4, 0.5) is 15.9 Å². The summed E-state index contributed by atoms with van der Waals surface area (Å²) in [5.41, 5.74) is 6.00. The first-order valence-electron chi connectivity index (χ1n) is 11.0. The molecule has 1 amide bonds. The largest absolute Gasteiger partial charge is 0.453 e. The molecule has 190 valence electrons. The van der Waals surface area contributed by atoms with E-state index in [9.17, 15) is 14.0 Å². The summed E-state index contributed by atoms with van der Waals surface area (Å²) >= 11 is 18.3. The highest BCUT2D eigenvalue weighted by Crippen LogP contribution is 2.34. The second-order valence-corrected chi connectivity index (χ2v) is 9.26. The van der Waals surface area contributed by atoms with Gasteiger partial charge in [-0.2, -0.15) is 0 Å². The third-order valence-corrected chi connectivity index (χ3v) is 6.73. The first-order chi connectivity index (χ1) is 18.2. The number of pyridine rings is 2. The summed E-state index contributed by atoms with van der Waals surface area (Å²) in [6.45, 7) is 0. The van der Waals surface area contributed by atoms with Crippen LogP contribution in [0.3, 0.4) is 0 Å². The highest BCUT2D eigenvalue weighted by Gasteiger charge is 2.19. The van der Waals surface area contributed by atoms with Gasteiger partial charge in [-0.25, -0.2) is 9.37 Å². The van der Waals surface area contributed by atoms with E-state index < -0.39 is 17.3 Å². The fraction of sp³-hybridized carbons (Fsp3) is 0. The Hall–Kier alpha value is -4.11. The van der Waals surface area contributed by atoms with Crippen LogP contribution in [0.25, 0.3) is 16.6 Å². The molecule has 3 N–H and O–H groups in total. The molecule has 0 radical (unpaired) electrons. The summed E-state index contributed by atoms with van der Waals surface area (Å²) in [7, 11) is 0. The lowest BCUT2D eigenvalue weighted by molar-refractivity contribution is 0.102. The molecule has 0 spiro atoms. The van der Waals surface area contributed by atoms with Crippen molar-refractivity contribution in [3.63, 3.8) is 0 Å². The Morgan fingerprint density at radius 1 is 0.947 bits per heavy atom. The maximum absolute atomic E-state index is 14.8. The van der Waals surface area contributed by atoms with Gasteiger partial charge < -0.3 is 15.8 Å². The van der Waals surface area contributed by atoms with E-state index in [1.54, 1.807) is 36.4 Å². The van der Waals surface area contributed by atoms with Crippen LogP contribution in [-0.4, -0.2) is 15.5 Å². The first kappa shape index (κ1) is 25.5. The number of nitrogens with one attached hydrogen (secondary N) is 1. The van der Waals surface area contributed by atoms with Crippen LogP contribution in [-0.2, 0) is 0 Å². The van der Waals surface area contributed by atoms with Gasteiger partial charge in [-0.1, -0.05) is 53.0 Å². The van der Waals surface area contributed by atoms with Crippen molar-refractivity contribution < 1.29 is 13.9 Å². The molecule has 7 nitrogen and oxygen atoms in total. The number of amides is 1. The minimum atomic E-state index is -0.777. The van der Waals surface area contributed by atoms with Gasteiger partial charge in [0.1, 0.15) is 16.4 Å². The number of para-hydroxylation sites is 1. The second-order valence-electron chi connectivity index (χ2n) is 8.07. The second kappa shape index (κ2) is 10.3. The number of nitrogen functional groups attached to an aromatic ring is 1. The standard InChI is InChI=1S/C27H16Cl3FN4O3/c28-18-7-6-16(13-19(18)29)35-21-4-2-1-3-14(21)11-17(27(35)37)26(36)34-15-5-8-22(20(31)12-15)38-23-9-10-33-25(32)24(23)30/h1-13H,(H2,32,33)(H,34,36). The number of aromatic nitrogens is 2. The predicted molar refractivity (Wildman–Crippen MR) is 148 cm³/mol. The number of nitrogens with zero attached hydrogens (tertiary/aromatic N) is 2. The van der Waals surface area contributed by atoms with Crippen molar-refractivity contribution in [3.05, 3.63) is 116 Å². The number of fused-ring (bicyclic) bond motifs is 1. The molecule has 2 heterocycles. The van der Waals surface area contributed by atoms with Gasteiger partial charge in [0.15, 0.2) is 17.3 Å². The topological polar surface area (TPSA) is 99.2 Å². The molecule has 3 aromatic carbocycles. The molecule has 2 aromatic heterocycles. The molecule has 38 heavy (non-hydrogen) atoms. The zero-order valence-electron chi connectivity index (χ0n) is 19.2. The molecule has 0 saturated carbocycles. The van der Waals surface area contributed by atoms with E-state index in [1.165, 1.54) is 41.1 Å². The molecular weight excluding hydrogens is 554 g/mol. The van der Waals surface area contributed by atoms with Gasteiger partial charge in [0.05, 0.1) is 21.2 Å². The monoisotopic (exact) mass is 568 g/mol. The fourth-order valence-electron chi connectivity index (χ4n) is 3.80. The molecule has 0 saturated heterocycles. The van der Waals surface area contributed by atoms with Crippen LogP contribution in [0.5, 0.6) is 11.5 Å². The van der Waals surface area contributed by atoms with E-state index in [2.05, 4.69) is 10.3 Å². The van der Waals surface area contributed by atoms with Crippen molar-refractivity contribution in [2.24, 2.45) is 0 Å². The van der Waals surface area contributed by atoms with Crippen LogP contribution in [0.1, 0.15) is 10.4 Å². The lowest BCUT2D eigenvalue weighted by atomic mass is 10.1. The van der Waals surface area contributed by atoms with Gasteiger partial charge in [-0.3, -0.25) is 14.2 Å². The van der Waals surface area contributed by atoms with E-state index in [-0.39, 0.29) is 38.6 Å². The maximum atomic E-state index is 14.8. The van der Waals surface area contributed by atoms with Crippen LogP contribution >= 0.6 is 34.8 Å². The van der Waals surface area contributed by atoms with Gasteiger partial charge in [-0.05, 0) is 47.9 Å². The van der Waals surface area contributed by atoms with E-state index >= 15 is 0 Å². The SMILES string of the molecule is Nc1nccc(Oc2ccc(NC(=O)c3cc4ccccc4n(-c4ccc(Cl)c(Cl)c4)c3=O)cc2F)c1Cl. The number of carbonyl (C=O) groups excluding carboxylic acids is 1. The Bertz CT molecular complexity index is 1790. The van der Waals surface area contributed by atoms with Gasteiger partial charge in [0, 0.05) is 24.0 Å². The number of ether oxygens (including phenoxy) is 1. The molecular formula is C27H16Cl3FN4O3. The Balaban J connectivity index is 1.49. The first-order valence-corrected chi connectivity index (χ1v) is 12.2. The Morgan fingerprint density at radius 2 is 1.74 bits per heavy atom. The summed E-state index contributed by atoms with van der Waals surface area (Å²) in [6.07, 6.45) is 1.37. The molecule has 0 aliphatic carbocycles. The maximum Gasteiger partial charge on any atom is 0.268 e. The van der Waals surface area contributed by atoms with E-state index in [0.717, 1.165) is 6.07 Å². The van der Waals surface area contributed by atoms with Crippen molar-refractivity contribution in [2.45, 2.75) is 0 Å². The Kier molecular flexibility index (Phi) is 6.94. The smallest absolute Gasteiger partial charge is 0.268 e. The van der Waals surface area contributed by atoms with Gasteiger partial charge >= 0.3 is 0 Å². The third kappa shape index (κ3) is 4.89. The average Bonchev–Trinajstić information content (AvgIpc) is 2.89. The molecule has 0 fully saturated rings. The fourth-order valence-corrected chi connectivity index (χ4v) is 4.24. The van der Waals surface area contributed by atoms with Crippen molar-refractivity contribution in [2.75, 3.05) is 11.1 Å². The predicted octanol–water partition coefficient (Wildman–Crippen LogP) is 7.11. The van der Waals surface area contributed by atoms with Crippen LogP contribution < -0.4 is 21.3 Å². The van der Waals surface area contributed by atoms with Gasteiger partial charge in [0.25, 0.3) is 11.5 Å². The summed E-state index contributed by atoms with van der Waals surface area (Å²) in [5, 5.41) is 3.81. The van der Waals surface area contributed by atoms with E-state index in [1.807, 2.05) is 0 Å². The molecule has 0 atom stereocenters. The number of benzene rings is 3. The van der Waals surface area contributed by atoms with Gasteiger partial charge in [0.2, 0.25) is 0 Å². The molecule has 0 aliphatic rings. The number of carbonyl (C=O) groups is 1. The highest BCUT2D eigenvalue weighted by atomic mass is 35.5. The number of anilines is 2. The summed E-state index contributed by atoms with van der Waals surface area (Å²) < 4.78 is 21.7. The zero-order valence-corrected chi connectivity index (χ0v) is 21.5. The molecule has 0 aliphatic heterocycles. The number of rotatable bonds is 5. The van der Waals surface area contributed by atoms with Crippen molar-refractivity contribution in [1.82, 2.24) is 9.55 Å². The van der Waals surface area contributed by atoms with E-state index in [0.29, 0.717) is 21.6 Å². The summed E-state index contributed by atoms with van der Waals surface area (Å²) in [5.74, 6) is -1.50. The van der Waals surface area contributed by atoms with Crippen LogP contribution in [0.15, 0.2) is 83.8 Å². The molecule has 5 aromatic rings. The normalized spacial score (nSPS) is 10.9. The number of hydrogen-bond acceptors (Lipinski definition) is 5.